The van der Waals surface area contributed by atoms with Gasteiger partial charge in [0, 0.05) is 7.05 Å². The zero-order chi connectivity index (χ0) is 12.4. The summed E-state index contributed by atoms with van der Waals surface area (Å²) in [6.45, 7) is 0. The summed E-state index contributed by atoms with van der Waals surface area (Å²) in [5.41, 5.74) is 5.97. The number of nitrogen functional groups attached to an aromatic ring is 1. The minimum atomic E-state index is -0.497. The normalized spacial score (nSPS) is 10.2. The van der Waals surface area contributed by atoms with Gasteiger partial charge in [-0.15, -0.1) is 0 Å². The SMILES string of the molecule is Cn1ncc(C(=O)Nc2ccccc2F)c1N. The van der Waals surface area contributed by atoms with Crippen molar-refractivity contribution in [1.29, 1.82) is 0 Å². The van der Waals surface area contributed by atoms with Crippen LogP contribution in [0.5, 0.6) is 0 Å². The predicted molar refractivity (Wildman–Crippen MR) is 62.0 cm³/mol. The number of aromatic nitrogens is 2. The van der Waals surface area contributed by atoms with E-state index in [-0.39, 0.29) is 17.1 Å². The number of anilines is 2. The Morgan fingerprint density at radius 2 is 2.18 bits per heavy atom. The molecule has 0 aliphatic carbocycles. The maximum Gasteiger partial charge on any atom is 0.261 e. The molecule has 0 unspecified atom stereocenters. The number of aryl methyl sites for hydroxylation is 1. The molecule has 2 rings (SSSR count). The number of halogens is 1. The number of nitrogens with two attached hydrogens (primary N) is 1. The number of para-hydroxylation sites is 1. The molecule has 1 aromatic carbocycles. The van der Waals surface area contributed by atoms with E-state index < -0.39 is 11.7 Å². The number of nitrogens with zero attached hydrogens (tertiary/aromatic N) is 2. The van der Waals surface area contributed by atoms with Crippen LogP contribution in [0.4, 0.5) is 15.9 Å². The van der Waals surface area contributed by atoms with Gasteiger partial charge in [-0.3, -0.25) is 9.48 Å². The molecule has 0 bridgehead atoms. The zero-order valence-electron chi connectivity index (χ0n) is 9.14. The molecule has 6 heteroatoms. The summed E-state index contributed by atoms with van der Waals surface area (Å²) in [5.74, 6) is -0.747. The second-order valence-electron chi connectivity index (χ2n) is 3.50. The van der Waals surface area contributed by atoms with Crippen LogP contribution in [-0.2, 0) is 7.05 Å². The Kier molecular flexibility index (Phi) is 2.78. The highest BCUT2D eigenvalue weighted by molar-refractivity contribution is 6.07. The van der Waals surface area contributed by atoms with Crippen LogP contribution < -0.4 is 11.1 Å². The van der Waals surface area contributed by atoms with Crippen molar-refractivity contribution in [2.45, 2.75) is 0 Å². The van der Waals surface area contributed by atoms with E-state index in [2.05, 4.69) is 10.4 Å². The summed E-state index contributed by atoms with van der Waals surface area (Å²) in [4.78, 5) is 11.8. The van der Waals surface area contributed by atoms with Crippen LogP contribution in [-0.4, -0.2) is 15.7 Å². The van der Waals surface area contributed by atoms with Crippen molar-refractivity contribution in [3.05, 3.63) is 41.8 Å². The van der Waals surface area contributed by atoms with E-state index in [1.165, 1.54) is 23.0 Å². The van der Waals surface area contributed by atoms with Gasteiger partial charge in [0.2, 0.25) is 0 Å². The first-order chi connectivity index (χ1) is 8.09. The van der Waals surface area contributed by atoms with Crippen molar-refractivity contribution in [3.8, 4) is 0 Å². The van der Waals surface area contributed by atoms with Crippen LogP contribution in [0.2, 0.25) is 0 Å². The van der Waals surface area contributed by atoms with Crippen LogP contribution in [0.3, 0.4) is 0 Å². The van der Waals surface area contributed by atoms with E-state index in [9.17, 15) is 9.18 Å². The van der Waals surface area contributed by atoms with Crippen LogP contribution in [0.15, 0.2) is 30.5 Å². The Labute approximate surface area is 97.0 Å². The number of hydrogen-bond acceptors (Lipinski definition) is 3. The van der Waals surface area contributed by atoms with E-state index in [1.54, 1.807) is 19.2 Å². The van der Waals surface area contributed by atoms with Crippen LogP contribution >= 0.6 is 0 Å². The van der Waals surface area contributed by atoms with Crippen molar-refractivity contribution in [3.63, 3.8) is 0 Å². The molecule has 88 valence electrons. The van der Waals surface area contributed by atoms with Crippen molar-refractivity contribution in [2.24, 2.45) is 7.05 Å². The lowest BCUT2D eigenvalue weighted by molar-refractivity contribution is 0.102. The molecular formula is C11H11FN4O. The molecule has 1 aromatic heterocycles. The molecule has 17 heavy (non-hydrogen) atoms. The number of nitrogens with one attached hydrogen (secondary N) is 1. The fourth-order valence-electron chi connectivity index (χ4n) is 1.37. The molecule has 3 N–H and O–H groups in total. The molecule has 0 aliphatic rings. The second kappa shape index (κ2) is 4.25. The summed E-state index contributed by atoms with van der Waals surface area (Å²) in [6, 6.07) is 5.91. The lowest BCUT2D eigenvalue weighted by atomic mass is 10.2. The molecule has 0 radical (unpaired) electrons. The smallest absolute Gasteiger partial charge is 0.261 e. The highest BCUT2D eigenvalue weighted by Gasteiger charge is 2.14. The third-order valence-corrected chi connectivity index (χ3v) is 2.35. The Bertz CT molecular complexity index is 564. The predicted octanol–water partition coefficient (Wildman–Crippen LogP) is 1.39. The highest BCUT2D eigenvalue weighted by Crippen LogP contribution is 2.16. The average molecular weight is 234 g/mol. The first-order valence-corrected chi connectivity index (χ1v) is 4.93. The molecule has 0 fully saturated rings. The van der Waals surface area contributed by atoms with Gasteiger partial charge in [0.1, 0.15) is 17.2 Å². The Hall–Kier alpha value is -2.37. The van der Waals surface area contributed by atoms with Crippen LogP contribution in [0.1, 0.15) is 10.4 Å². The first kappa shape index (κ1) is 11.1. The van der Waals surface area contributed by atoms with E-state index in [4.69, 9.17) is 5.73 Å². The lowest BCUT2D eigenvalue weighted by Gasteiger charge is -2.05. The molecule has 0 spiro atoms. The molecule has 0 saturated heterocycles. The third kappa shape index (κ3) is 2.10. The van der Waals surface area contributed by atoms with Gasteiger partial charge in [-0.05, 0) is 12.1 Å². The fraction of sp³-hybridized carbons (Fsp3) is 0.0909. The Morgan fingerprint density at radius 1 is 1.47 bits per heavy atom. The topological polar surface area (TPSA) is 72.9 Å². The number of amides is 1. The van der Waals surface area contributed by atoms with E-state index in [0.29, 0.717) is 0 Å². The minimum Gasteiger partial charge on any atom is -0.383 e. The molecule has 0 atom stereocenters. The number of carbonyl (C=O) groups excluding carboxylic acids is 1. The maximum atomic E-state index is 13.3. The van der Waals surface area contributed by atoms with Crippen molar-refractivity contribution < 1.29 is 9.18 Å². The Balaban J connectivity index is 2.23. The second-order valence-corrected chi connectivity index (χ2v) is 3.50. The van der Waals surface area contributed by atoms with Crippen LogP contribution in [0.25, 0.3) is 0 Å². The molecule has 1 heterocycles. The standard InChI is InChI=1S/C11H11FN4O/c1-16-10(13)7(6-14-16)11(17)15-9-5-3-2-4-8(9)12/h2-6H,13H2,1H3,(H,15,17). The van der Waals surface area contributed by atoms with Crippen molar-refractivity contribution in [2.75, 3.05) is 11.1 Å². The molecule has 2 aromatic rings. The van der Waals surface area contributed by atoms with Gasteiger partial charge in [0.25, 0.3) is 5.91 Å². The summed E-state index contributed by atoms with van der Waals surface area (Å²) in [5, 5.41) is 6.27. The molecule has 0 aliphatic heterocycles. The number of rotatable bonds is 2. The van der Waals surface area contributed by atoms with Crippen molar-refractivity contribution in [1.82, 2.24) is 9.78 Å². The summed E-state index contributed by atoms with van der Waals surface area (Å²) >= 11 is 0. The Morgan fingerprint density at radius 3 is 2.76 bits per heavy atom. The van der Waals surface area contributed by atoms with Gasteiger partial charge in [-0.2, -0.15) is 5.10 Å². The summed E-state index contributed by atoms with van der Waals surface area (Å²) in [6.07, 6.45) is 1.34. The molecule has 5 nitrogen and oxygen atoms in total. The maximum absolute atomic E-state index is 13.3. The van der Waals surface area contributed by atoms with E-state index >= 15 is 0 Å². The van der Waals surface area contributed by atoms with Crippen molar-refractivity contribution >= 4 is 17.4 Å². The van der Waals surface area contributed by atoms with Gasteiger partial charge >= 0.3 is 0 Å². The summed E-state index contributed by atoms with van der Waals surface area (Å²) < 4.78 is 14.7. The largest absolute Gasteiger partial charge is 0.383 e. The van der Waals surface area contributed by atoms with E-state index in [0.717, 1.165) is 0 Å². The number of benzene rings is 1. The lowest BCUT2D eigenvalue weighted by Crippen LogP contribution is -2.14. The molecule has 0 saturated carbocycles. The first-order valence-electron chi connectivity index (χ1n) is 4.93. The number of hydrogen-bond donors (Lipinski definition) is 2. The molecule has 1 amide bonds. The van der Waals surface area contributed by atoms with Gasteiger partial charge in [-0.1, -0.05) is 12.1 Å². The number of carbonyl (C=O) groups is 1. The average Bonchev–Trinajstić information content (AvgIpc) is 2.63. The minimum absolute atomic E-state index is 0.112. The van der Waals surface area contributed by atoms with Crippen LogP contribution in [0, 0.1) is 5.82 Å². The quantitative estimate of drug-likeness (QED) is 0.824. The van der Waals surface area contributed by atoms with E-state index in [1.807, 2.05) is 0 Å². The van der Waals surface area contributed by atoms with Gasteiger partial charge < -0.3 is 11.1 Å². The zero-order valence-corrected chi connectivity index (χ0v) is 9.14. The van der Waals surface area contributed by atoms with Gasteiger partial charge in [0.15, 0.2) is 0 Å². The molecular weight excluding hydrogens is 223 g/mol. The van der Waals surface area contributed by atoms with Gasteiger partial charge in [0.05, 0.1) is 11.9 Å². The summed E-state index contributed by atoms with van der Waals surface area (Å²) in [7, 11) is 1.62. The highest BCUT2D eigenvalue weighted by atomic mass is 19.1. The van der Waals surface area contributed by atoms with Gasteiger partial charge in [-0.25, -0.2) is 4.39 Å². The fourth-order valence-corrected chi connectivity index (χ4v) is 1.37. The third-order valence-electron chi connectivity index (χ3n) is 2.35. The monoisotopic (exact) mass is 234 g/mol.